The Morgan fingerprint density at radius 1 is 1.79 bits per heavy atom. The summed E-state index contributed by atoms with van der Waals surface area (Å²) in [5.74, 6) is -0.136. The average molecular weight is 199 g/mol. The molecular formula is C9H17N3O2. The van der Waals surface area contributed by atoms with Crippen molar-refractivity contribution in [1.29, 1.82) is 0 Å². The molecule has 2 amide bonds. The number of hydrogen-bond donors (Lipinski definition) is 3. The van der Waals surface area contributed by atoms with Gasteiger partial charge in [0, 0.05) is 31.5 Å². The van der Waals surface area contributed by atoms with Crippen LogP contribution in [0.15, 0.2) is 0 Å². The first kappa shape index (κ1) is 11.0. The lowest BCUT2D eigenvalue weighted by atomic mass is 10.1. The molecular weight excluding hydrogens is 182 g/mol. The Morgan fingerprint density at radius 2 is 2.50 bits per heavy atom. The van der Waals surface area contributed by atoms with E-state index < -0.39 is 0 Å². The normalized spacial score (nSPS) is 23.9. The largest absolute Gasteiger partial charge is 0.354 e. The molecule has 80 valence electrons. The average Bonchev–Trinajstić information content (AvgIpc) is 2.20. The van der Waals surface area contributed by atoms with Crippen LogP contribution in [-0.2, 0) is 9.59 Å². The number of piperidine rings is 1. The fraction of sp³-hybridized carbons (Fsp3) is 0.778. The van der Waals surface area contributed by atoms with Gasteiger partial charge in [-0.05, 0) is 6.42 Å². The smallest absolute Gasteiger partial charge is 0.224 e. The Labute approximate surface area is 83.4 Å². The molecule has 0 aromatic heterocycles. The minimum Gasteiger partial charge on any atom is -0.354 e. The zero-order valence-corrected chi connectivity index (χ0v) is 8.38. The van der Waals surface area contributed by atoms with Crippen LogP contribution in [0.5, 0.6) is 0 Å². The van der Waals surface area contributed by atoms with E-state index in [1.165, 1.54) is 0 Å². The molecule has 2 atom stereocenters. The Morgan fingerprint density at radius 3 is 3.00 bits per heavy atom. The number of carbonyl (C=O) groups is 2. The molecule has 0 saturated carbocycles. The van der Waals surface area contributed by atoms with Gasteiger partial charge in [-0.3, -0.25) is 9.59 Å². The lowest BCUT2D eigenvalue weighted by Gasteiger charge is -2.24. The maximum atomic E-state index is 11.4. The third-order valence-electron chi connectivity index (χ3n) is 2.41. The van der Waals surface area contributed by atoms with Crippen molar-refractivity contribution in [3.05, 3.63) is 0 Å². The number of carbonyl (C=O) groups excluding carboxylic acids is 2. The van der Waals surface area contributed by atoms with E-state index in [-0.39, 0.29) is 23.8 Å². The van der Waals surface area contributed by atoms with Crippen LogP contribution in [0.2, 0.25) is 0 Å². The summed E-state index contributed by atoms with van der Waals surface area (Å²) in [5, 5.41) is 5.57. The fourth-order valence-electron chi connectivity index (χ4n) is 1.31. The Hall–Kier alpha value is -1.10. The highest BCUT2D eigenvalue weighted by Crippen LogP contribution is 2.03. The highest BCUT2D eigenvalue weighted by molar-refractivity contribution is 5.80. The van der Waals surface area contributed by atoms with Crippen LogP contribution in [0.4, 0.5) is 0 Å². The SMILES string of the molecule is CC(CN)C(=O)NC1CCC(=O)NC1. The third kappa shape index (κ3) is 2.99. The van der Waals surface area contributed by atoms with E-state index in [9.17, 15) is 9.59 Å². The van der Waals surface area contributed by atoms with Crippen molar-refractivity contribution in [3.8, 4) is 0 Å². The van der Waals surface area contributed by atoms with Gasteiger partial charge >= 0.3 is 0 Å². The molecule has 5 nitrogen and oxygen atoms in total. The Balaban J connectivity index is 2.30. The Kier molecular flexibility index (Phi) is 3.88. The van der Waals surface area contributed by atoms with Crippen molar-refractivity contribution in [2.24, 2.45) is 11.7 Å². The van der Waals surface area contributed by atoms with Crippen LogP contribution >= 0.6 is 0 Å². The first-order chi connectivity index (χ1) is 6.63. The number of nitrogens with one attached hydrogen (secondary N) is 2. The Bertz CT molecular complexity index is 220. The second-order valence-corrected chi connectivity index (χ2v) is 3.69. The molecule has 0 bridgehead atoms. The molecule has 0 aliphatic carbocycles. The van der Waals surface area contributed by atoms with Crippen molar-refractivity contribution >= 4 is 11.8 Å². The topological polar surface area (TPSA) is 84.2 Å². The second kappa shape index (κ2) is 4.95. The molecule has 1 rings (SSSR count). The maximum absolute atomic E-state index is 11.4. The highest BCUT2D eigenvalue weighted by atomic mass is 16.2. The molecule has 0 radical (unpaired) electrons. The van der Waals surface area contributed by atoms with Gasteiger partial charge in [-0.2, -0.15) is 0 Å². The number of amides is 2. The highest BCUT2D eigenvalue weighted by Gasteiger charge is 2.21. The van der Waals surface area contributed by atoms with E-state index in [0.29, 0.717) is 19.5 Å². The quantitative estimate of drug-likeness (QED) is 0.543. The molecule has 1 aliphatic heterocycles. The van der Waals surface area contributed by atoms with Gasteiger partial charge in [0.2, 0.25) is 11.8 Å². The molecule has 1 heterocycles. The zero-order valence-electron chi connectivity index (χ0n) is 8.38. The molecule has 4 N–H and O–H groups in total. The fourth-order valence-corrected chi connectivity index (χ4v) is 1.31. The standard InChI is InChI=1S/C9H17N3O2/c1-6(4-10)9(14)12-7-2-3-8(13)11-5-7/h6-7H,2-5,10H2,1H3,(H,11,13)(H,12,14). The van der Waals surface area contributed by atoms with Gasteiger partial charge in [0.15, 0.2) is 0 Å². The van der Waals surface area contributed by atoms with Gasteiger partial charge in [0.25, 0.3) is 0 Å². The molecule has 0 spiro atoms. The zero-order chi connectivity index (χ0) is 10.6. The van der Waals surface area contributed by atoms with Crippen molar-refractivity contribution in [2.75, 3.05) is 13.1 Å². The molecule has 1 aliphatic rings. The van der Waals surface area contributed by atoms with Gasteiger partial charge in [-0.1, -0.05) is 6.92 Å². The third-order valence-corrected chi connectivity index (χ3v) is 2.41. The maximum Gasteiger partial charge on any atom is 0.224 e. The molecule has 0 aromatic carbocycles. The molecule has 14 heavy (non-hydrogen) atoms. The van der Waals surface area contributed by atoms with Gasteiger partial charge in [-0.15, -0.1) is 0 Å². The lowest BCUT2D eigenvalue weighted by Crippen LogP contribution is -2.49. The first-order valence-corrected chi connectivity index (χ1v) is 4.90. The molecule has 0 aromatic rings. The lowest BCUT2D eigenvalue weighted by molar-refractivity contribution is -0.127. The van der Waals surface area contributed by atoms with Gasteiger partial charge in [-0.25, -0.2) is 0 Å². The minimum absolute atomic E-state index is 0.0337. The summed E-state index contributed by atoms with van der Waals surface area (Å²) in [6.07, 6.45) is 1.21. The summed E-state index contributed by atoms with van der Waals surface area (Å²) in [6.45, 7) is 2.67. The van der Waals surface area contributed by atoms with Crippen LogP contribution in [-0.4, -0.2) is 30.9 Å². The minimum atomic E-state index is -0.160. The van der Waals surface area contributed by atoms with E-state index in [2.05, 4.69) is 10.6 Å². The van der Waals surface area contributed by atoms with Crippen LogP contribution in [0.25, 0.3) is 0 Å². The van der Waals surface area contributed by atoms with Gasteiger partial charge in [0.1, 0.15) is 0 Å². The number of rotatable bonds is 3. The molecule has 5 heteroatoms. The van der Waals surface area contributed by atoms with Gasteiger partial charge < -0.3 is 16.4 Å². The molecule has 1 saturated heterocycles. The monoisotopic (exact) mass is 199 g/mol. The van der Waals surface area contributed by atoms with Crippen molar-refractivity contribution < 1.29 is 9.59 Å². The second-order valence-electron chi connectivity index (χ2n) is 3.69. The summed E-state index contributed by atoms with van der Waals surface area (Å²) in [6, 6.07) is 0.0641. The molecule has 2 unspecified atom stereocenters. The summed E-state index contributed by atoms with van der Waals surface area (Å²) in [4.78, 5) is 22.3. The predicted molar refractivity (Wildman–Crippen MR) is 52.4 cm³/mol. The van der Waals surface area contributed by atoms with E-state index in [1.54, 1.807) is 6.92 Å². The van der Waals surface area contributed by atoms with Crippen LogP contribution in [0.3, 0.4) is 0 Å². The summed E-state index contributed by atoms with van der Waals surface area (Å²) < 4.78 is 0. The van der Waals surface area contributed by atoms with Crippen molar-refractivity contribution in [2.45, 2.75) is 25.8 Å². The first-order valence-electron chi connectivity index (χ1n) is 4.90. The predicted octanol–water partition coefficient (Wildman–Crippen LogP) is -1.02. The van der Waals surface area contributed by atoms with Crippen molar-refractivity contribution in [1.82, 2.24) is 10.6 Å². The van der Waals surface area contributed by atoms with Crippen molar-refractivity contribution in [3.63, 3.8) is 0 Å². The van der Waals surface area contributed by atoms with Crippen LogP contribution in [0, 0.1) is 5.92 Å². The molecule has 1 fully saturated rings. The number of hydrogen-bond acceptors (Lipinski definition) is 3. The van der Waals surface area contributed by atoms with E-state index in [4.69, 9.17) is 5.73 Å². The van der Waals surface area contributed by atoms with Crippen LogP contribution in [0.1, 0.15) is 19.8 Å². The summed E-state index contributed by atoms with van der Waals surface area (Å²) >= 11 is 0. The van der Waals surface area contributed by atoms with Crippen LogP contribution < -0.4 is 16.4 Å². The summed E-state index contributed by atoms with van der Waals surface area (Å²) in [7, 11) is 0. The van der Waals surface area contributed by atoms with Gasteiger partial charge in [0.05, 0.1) is 0 Å². The number of nitrogens with two attached hydrogens (primary N) is 1. The van der Waals surface area contributed by atoms with E-state index in [0.717, 1.165) is 6.42 Å². The van der Waals surface area contributed by atoms with E-state index in [1.807, 2.05) is 0 Å². The van der Waals surface area contributed by atoms with E-state index >= 15 is 0 Å². The summed E-state index contributed by atoms with van der Waals surface area (Å²) in [5.41, 5.74) is 5.37.